The first kappa shape index (κ1) is 14.6. The molecule has 0 saturated heterocycles. The molecule has 1 saturated carbocycles. The molecule has 1 heterocycles. The van der Waals surface area contributed by atoms with E-state index in [4.69, 9.17) is 11.5 Å². The zero-order valence-electron chi connectivity index (χ0n) is 11.7. The maximum atomic E-state index is 12.0. The van der Waals surface area contributed by atoms with E-state index in [0.717, 1.165) is 6.54 Å². The van der Waals surface area contributed by atoms with Crippen LogP contribution in [-0.4, -0.2) is 32.0 Å². The van der Waals surface area contributed by atoms with E-state index in [1.807, 2.05) is 18.9 Å². The van der Waals surface area contributed by atoms with Crippen LogP contribution < -0.4 is 21.7 Å². The quantitative estimate of drug-likeness (QED) is 0.729. The second kappa shape index (κ2) is 5.70. The molecule has 5 N–H and O–H groups in total. The van der Waals surface area contributed by atoms with Crippen molar-refractivity contribution in [3.05, 3.63) is 10.4 Å². The van der Waals surface area contributed by atoms with E-state index >= 15 is 0 Å². The molecule has 0 radical (unpaired) electrons. The van der Waals surface area contributed by atoms with Crippen LogP contribution in [0.15, 0.2) is 0 Å². The molecule has 2 rings (SSSR count). The number of hydrogen-bond acceptors (Lipinski definition) is 5. The minimum absolute atomic E-state index is 0.186. The normalized spacial score (nSPS) is 14.1. The molecule has 0 aromatic carbocycles. The fourth-order valence-corrected chi connectivity index (χ4v) is 3.23. The lowest BCUT2D eigenvalue weighted by atomic mass is 10.2. The van der Waals surface area contributed by atoms with Crippen LogP contribution in [0.3, 0.4) is 0 Å². The molecule has 0 spiro atoms. The highest BCUT2D eigenvalue weighted by Crippen LogP contribution is 2.39. The summed E-state index contributed by atoms with van der Waals surface area (Å²) in [7, 11) is 1.90. The highest BCUT2D eigenvalue weighted by atomic mass is 32.1. The fourth-order valence-electron chi connectivity index (χ4n) is 2.12. The van der Waals surface area contributed by atoms with E-state index in [0.29, 0.717) is 22.3 Å². The van der Waals surface area contributed by atoms with Crippen molar-refractivity contribution in [2.75, 3.05) is 30.8 Å². The van der Waals surface area contributed by atoms with Gasteiger partial charge in [-0.3, -0.25) is 9.59 Å². The first-order valence-electron chi connectivity index (χ1n) is 6.67. The zero-order valence-corrected chi connectivity index (χ0v) is 12.5. The molecule has 0 unspecified atom stereocenters. The molecule has 110 valence electrons. The summed E-state index contributed by atoms with van der Waals surface area (Å²) in [5.41, 5.74) is 11.8. The van der Waals surface area contributed by atoms with Crippen LogP contribution in [0.2, 0.25) is 0 Å². The van der Waals surface area contributed by atoms with E-state index in [1.165, 1.54) is 24.2 Å². The molecule has 6 nitrogen and oxygen atoms in total. The van der Waals surface area contributed by atoms with Crippen molar-refractivity contribution in [1.29, 1.82) is 0 Å². The third-order valence-electron chi connectivity index (χ3n) is 3.29. The van der Waals surface area contributed by atoms with Crippen LogP contribution in [-0.2, 0) is 0 Å². The van der Waals surface area contributed by atoms with Gasteiger partial charge in [-0.05, 0) is 25.7 Å². The standard InChI is InChI=1S/C13H20N4O2S/c1-3-16-12(19)10-9(14)8(11(15)18)13(20-10)17(2)6-7-4-5-7/h7H,3-6,14H2,1-2H3,(H2,15,18)(H,16,19). The van der Waals surface area contributed by atoms with Crippen molar-refractivity contribution in [1.82, 2.24) is 5.32 Å². The number of carbonyl (C=O) groups is 2. The largest absolute Gasteiger partial charge is 0.397 e. The highest BCUT2D eigenvalue weighted by Gasteiger charge is 2.29. The van der Waals surface area contributed by atoms with Gasteiger partial charge in [0.2, 0.25) is 0 Å². The monoisotopic (exact) mass is 296 g/mol. The molecule has 1 aliphatic carbocycles. The van der Waals surface area contributed by atoms with Gasteiger partial charge in [-0.15, -0.1) is 11.3 Å². The van der Waals surface area contributed by atoms with Crippen molar-refractivity contribution in [2.24, 2.45) is 11.7 Å². The lowest BCUT2D eigenvalue weighted by Gasteiger charge is -2.18. The van der Waals surface area contributed by atoms with Gasteiger partial charge in [-0.25, -0.2) is 0 Å². The summed E-state index contributed by atoms with van der Waals surface area (Å²) in [6.07, 6.45) is 2.42. The van der Waals surface area contributed by atoms with Crippen molar-refractivity contribution in [3.63, 3.8) is 0 Å². The predicted molar refractivity (Wildman–Crippen MR) is 81.3 cm³/mol. The molecule has 1 aliphatic rings. The lowest BCUT2D eigenvalue weighted by Crippen LogP contribution is -2.23. The smallest absolute Gasteiger partial charge is 0.263 e. The van der Waals surface area contributed by atoms with Gasteiger partial charge in [-0.2, -0.15) is 0 Å². The fraction of sp³-hybridized carbons (Fsp3) is 0.538. The first-order valence-corrected chi connectivity index (χ1v) is 7.48. The van der Waals surface area contributed by atoms with E-state index < -0.39 is 5.91 Å². The molecule has 1 aromatic heterocycles. The van der Waals surface area contributed by atoms with Crippen LogP contribution >= 0.6 is 11.3 Å². The van der Waals surface area contributed by atoms with E-state index in [-0.39, 0.29) is 17.2 Å². The molecule has 0 aliphatic heterocycles. The maximum absolute atomic E-state index is 12.0. The summed E-state index contributed by atoms with van der Waals surface area (Å²) < 4.78 is 0. The number of nitrogens with one attached hydrogen (secondary N) is 1. The van der Waals surface area contributed by atoms with E-state index in [1.54, 1.807) is 0 Å². The Balaban J connectivity index is 2.35. The van der Waals surface area contributed by atoms with Gasteiger partial charge in [0, 0.05) is 20.1 Å². The number of nitrogens with zero attached hydrogens (tertiary/aromatic N) is 1. The second-order valence-electron chi connectivity index (χ2n) is 5.07. The summed E-state index contributed by atoms with van der Waals surface area (Å²) in [6.45, 7) is 3.20. The Morgan fingerprint density at radius 3 is 2.60 bits per heavy atom. The number of hydrogen-bond donors (Lipinski definition) is 3. The Labute approximate surface area is 122 Å². The molecule has 1 aromatic rings. The van der Waals surface area contributed by atoms with Crippen LogP contribution in [0, 0.1) is 5.92 Å². The Morgan fingerprint density at radius 2 is 2.10 bits per heavy atom. The van der Waals surface area contributed by atoms with Crippen LogP contribution in [0.25, 0.3) is 0 Å². The topological polar surface area (TPSA) is 101 Å². The third-order valence-corrected chi connectivity index (χ3v) is 4.61. The third kappa shape index (κ3) is 2.87. The zero-order chi connectivity index (χ0) is 14.9. The number of amides is 2. The van der Waals surface area contributed by atoms with Crippen LogP contribution in [0.4, 0.5) is 10.7 Å². The average molecular weight is 296 g/mol. The Kier molecular flexibility index (Phi) is 4.17. The van der Waals surface area contributed by atoms with Gasteiger partial charge in [-0.1, -0.05) is 0 Å². The number of nitrogens with two attached hydrogens (primary N) is 2. The number of rotatable bonds is 6. The minimum atomic E-state index is -0.591. The summed E-state index contributed by atoms with van der Waals surface area (Å²) in [5, 5.41) is 3.38. The van der Waals surface area contributed by atoms with Crippen LogP contribution in [0.5, 0.6) is 0 Å². The van der Waals surface area contributed by atoms with Gasteiger partial charge in [0.25, 0.3) is 11.8 Å². The van der Waals surface area contributed by atoms with Gasteiger partial charge in [0.05, 0.1) is 11.3 Å². The van der Waals surface area contributed by atoms with Gasteiger partial charge < -0.3 is 21.7 Å². The van der Waals surface area contributed by atoms with Gasteiger partial charge in [0.15, 0.2) is 0 Å². The SMILES string of the molecule is CCNC(=O)c1sc(N(C)CC2CC2)c(C(N)=O)c1N. The van der Waals surface area contributed by atoms with Crippen LogP contribution in [0.1, 0.15) is 39.8 Å². The van der Waals surface area contributed by atoms with Crippen molar-refractivity contribution in [2.45, 2.75) is 19.8 Å². The lowest BCUT2D eigenvalue weighted by molar-refractivity contribution is 0.0960. The van der Waals surface area contributed by atoms with Crippen molar-refractivity contribution < 1.29 is 9.59 Å². The summed E-state index contributed by atoms with van der Waals surface area (Å²) >= 11 is 1.23. The van der Waals surface area contributed by atoms with Crippen molar-refractivity contribution in [3.8, 4) is 0 Å². The van der Waals surface area contributed by atoms with Gasteiger partial charge >= 0.3 is 0 Å². The van der Waals surface area contributed by atoms with E-state index in [9.17, 15) is 9.59 Å². The summed E-state index contributed by atoms with van der Waals surface area (Å²) in [5.74, 6) is -0.188. The number of anilines is 2. The van der Waals surface area contributed by atoms with Gasteiger partial charge in [0.1, 0.15) is 9.88 Å². The molecular weight excluding hydrogens is 276 g/mol. The van der Waals surface area contributed by atoms with Crippen molar-refractivity contribution >= 4 is 33.8 Å². The Morgan fingerprint density at radius 1 is 1.45 bits per heavy atom. The first-order chi connectivity index (χ1) is 9.45. The number of thiophene rings is 1. The molecule has 7 heteroatoms. The summed E-state index contributed by atoms with van der Waals surface area (Å²) in [4.78, 5) is 25.9. The molecule has 0 atom stereocenters. The molecular formula is C13H20N4O2S. The summed E-state index contributed by atoms with van der Waals surface area (Å²) in [6, 6.07) is 0. The number of primary amides is 1. The Bertz CT molecular complexity index is 537. The molecule has 20 heavy (non-hydrogen) atoms. The number of nitrogen functional groups attached to an aromatic ring is 1. The predicted octanol–water partition coefficient (Wildman–Crippen LogP) is 1.03. The molecule has 0 bridgehead atoms. The second-order valence-corrected chi connectivity index (χ2v) is 6.07. The maximum Gasteiger partial charge on any atom is 0.263 e. The minimum Gasteiger partial charge on any atom is -0.397 e. The average Bonchev–Trinajstić information content (AvgIpc) is 3.10. The molecule has 1 fully saturated rings. The Hall–Kier alpha value is -1.76. The molecule has 2 amide bonds. The van der Waals surface area contributed by atoms with E-state index in [2.05, 4.69) is 5.32 Å². The number of carbonyl (C=O) groups excluding carboxylic acids is 2. The highest BCUT2D eigenvalue weighted by molar-refractivity contribution is 7.19.